The van der Waals surface area contributed by atoms with Gasteiger partial charge < -0.3 is 18.9 Å². The first-order chi connectivity index (χ1) is 17.9. The summed E-state index contributed by atoms with van der Waals surface area (Å²) in [5, 5.41) is 0.591. The lowest BCUT2D eigenvalue weighted by Gasteiger charge is -2.46. The first-order valence-electron chi connectivity index (χ1n) is 11.7. The molecule has 2 aromatic heterocycles. The van der Waals surface area contributed by atoms with E-state index in [1.807, 2.05) is 24.3 Å². The maximum atomic E-state index is 14.0. The summed E-state index contributed by atoms with van der Waals surface area (Å²) in [7, 11) is 4.93. The molecule has 3 atom stereocenters. The Morgan fingerprint density at radius 1 is 1.11 bits per heavy atom. The molecule has 0 saturated carbocycles. The van der Waals surface area contributed by atoms with E-state index in [9.17, 15) is 9.18 Å². The monoisotopic (exact) mass is 503 g/mol. The number of esters is 1. The van der Waals surface area contributed by atoms with Crippen molar-refractivity contribution < 1.29 is 28.1 Å². The molecule has 0 radical (unpaired) electrons. The molecule has 1 aliphatic rings. The topological polar surface area (TPSA) is 83.0 Å². The van der Waals surface area contributed by atoms with Crippen LogP contribution in [0.4, 0.5) is 4.39 Å². The maximum Gasteiger partial charge on any atom is 0.361 e. The minimum atomic E-state index is -1.62. The Labute approximate surface area is 213 Å². The van der Waals surface area contributed by atoms with Crippen LogP contribution in [0.15, 0.2) is 79.1 Å². The van der Waals surface area contributed by atoms with Crippen molar-refractivity contribution in [1.29, 1.82) is 0 Å². The Balaban J connectivity index is 1.56. The van der Waals surface area contributed by atoms with Crippen molar-refractivity contribution in [1.82, 2.24) is 14.9 Å². The Morgan fingerprint density at radius 3 is 2.70 bits per heavy atom. The minimum absolute atomic E-state index is 0.0671. The van der Waals surface area contributed by atoms with Gasteiger partial charge in [0, 0.05) is 30.3 Å². The molecule has 0 N–H and O–H groups in total. The van der Waals surface area contributed by atoms with Gasteiger partial charge in [0.2, 0.25) is 11.6 Å². The lowest BCUT2D eigenvalue weighted by molar-refractivity contribution is -0.196. The summed E-state index contributed by atoms with van der Waals surface area (Å²) < 4.78 is 37.7. The van der Waals surface area contributed by atoms with Gasteiger partial charge in [-0.2, -0.15) is 0 Å². The molecule has 37 heavy (non-hydrogen) atoms. The van der Waals surface area contributed by atoms with Crippen molar-refractivity contribution in [3.05, 3.63) is 90.5 Å². The minimum Gasteiger partial charge on any atom is -0.489 e. The predicted molar refractivity (Wildman–Crippen MR) is 134 cm³/mol. The molecule has 3 heterocycles. The highest BCUT2D eigenvalue weighted by atomic mass is 19.1. The average molecular weight is 504 g/mol. The number of ether oxygens (including phenoxy) is 4. The number of benzene rings is 2. The number of para-hydroxylation sites is 1. The van der Waals surface area contributed by atoms with Gasteiger partial charge in [0.15, 0.2) is 0 Å². The highest BCUT2D eigenvalue weighted by Gasteiger charge is 2.57. The number of halogens is 1. The zero-order valence-electron chi connectivity index (χ0n) is 20.6. The van der Waals surface area contributed by atoms with E-state index in [-0.39, 0.29) is 18.3 Å². The lowest BCUT2D eigenvalue weighted by atomic mass is 9.80. The molecule has 8 nitrogen and oxygen atoms in total. The zero-order valence-corrected chi connectivity index (χ0v) is 20.6. The third kappa shape index (κ3) is 4.59. The summed E-state index contributed by atoms with van der Waals surface area (Å²) in [6.07, 6.45) is 2.63. The van der Waals surface area contributed by atoms with Crippen LogP contribution in [0.25, 0.3) is 10.9 Å². The molecule has 0 bridgehead atoms. The van der Waals surface area contributed by atoms with Gasteiger partial charge in [0.1, 0.15) is 30.0 Å². The fourth-order valence-corrected chi connectivity index (χ4v) is 4.78. The summed E-state index contributed by atoms with van der Waals surface area (Å²) in [6.45, 7) is 0.169. The summed E-state index contributed by atoms with van der Waals surface area (Å²) in [5.74, 6) is -0.489. The molecule has 4 aromatic rings. The standard InChI is InChI=1S/C28H26FN3O5/c1-32(2)28(34-3,27(33)37-25-13-10-18-15-19(29)11-12-22(18)31-25)26-21-8-4-5-9-23(21)35-17-24(26)36-20-7-6-14-30-16-20/h4-16,24,26H,17H2,1-3H3/t24-,26+,28?/m1/s1. The van der Waals surface area contributed by atoms with Crippen molar-refractivity contribution in [3.8, 4) is 17.4 Å². The van der Waals surface area contributed by atoms with Crippen LogP contribution in [-0.4, -0.2) is 60.5 Å². The van der Waals surface area contributed by atoms with Crippen molar-refractivity contribution in [2.24, 2.45) is 0 Å². The molecule has 0 saturated heterocycles. The molecule has 0 amide bonds. The second-order valence-corrected chi connectivity index (χ2v) is 8.84. The number of pyridine rings is 2. The first-order valence-corrected chi connectivity index (χ1v) is 11.7. The van der Waals surface area contributed by atoms with Crippen molar-refractivity contribution in [3.63, 3.8) is 0 Å². The number of methoxy groups -OCH3 is 1. The smallest absolute Gasteiger partial charge is 0.361 e. The van der Waals surface area contributed by atoms with Gasteiger partial charge >= 0.3 is 5.97 Å². The third-order valence-electron chi connectivity index (χ3n) is 6.46. The van der Waals surface area contributed by atoms with E-state index in [1.54, 1.807) is 49.6 Å². The summed E-state index contributed by atoms with van der Waals surface area (Å²) in [5.41, 5.74) is -0.391. The van der Waals surface area contributed by atoms with E-state index in [0.717, 1.165) is 5.56 Å². The third-order valence-corrected chi connectivity index (χ3v) is 6.46. The molecule has 1 aliphatic heterocycles. The molecular weight excluding hydrogens is 477 g/mol. The largest absolute Gasteiger partial charge is 0.489 e. The summed E-state index contributed by atoms with van der Waals surface area (Å²) >= 11 is 0. The van der Waals surface area contributed by atoms with Gasteiger partial charge in [-0.3, -0.25) is 9.88 Å². The number of aromatic nitrogens is 2. The maximum absolute atomic E-state index is 14.0. The quantitative estimate of drug-likeness (QED) is 0.274. The Bertz CT molecular complexity index is 1420. The fourth-order valence-electron chi connectivity index (χ4n) is 4.78. The van der Waals surface area contributed by atoms with Crippen molar-refractivity contribution >= 4 is 16.9 Å². The van der Waals surface area contributed by atoms with E-state index >= 15 is 0 Å². The van der Waals surface area contributed by atoms with E-state index in [2.05, 4.69) is 9.97 Å². The summed E-state index contributed by atoms with van der Waals surface area (Å²) in [6, 6.07) is 18.4. The van der Waals surface area contributed by atoms with Crippen LogP contribution in [0.2, 0.25) is 0 Å². The Kier molecular flexibility index (Phi) is 6.73. The molecule has 0 spiro atoms. The van der Waals surface area contributed by atoms with Crippen LogP contribution < -0.4 is 14.2 Å². The lowest BCUT2D eigenvalue weighted by Crippen LogP contribution is -2.63. The summed E-state index contributed by atoms with van der Waals surface area (Å²) in [4.78, 5) is 24.2. The fraction of sp³-hybridized carbons (Fsp3) is 0.250. The Hall–Kier alpha value is -4.08. The number of rotatable bonds is 7. The molecule has 190 valence electrons. The predicted octanol–water partition coefficient (Wildman–Crippen LogP) is 4.20. The van der Waals surface area contributed by atoms with Gasteiger partial charge in [-0.1, -0.05) is 18.2 Å². The number of hydrogen-bond donors (Lipinski definition) is 0. The number of likely N-dealkylation sites (N-methyl/N-ethyl adjacent to an activating group) is 1. The molecule has 0 fully saturated rings. The van der Waals surface area contributed by atoms with Crippen LogP contribution in [-0.2, 0) is 9.53 Å². The van der Waals surface area contributed by atoms with E-state index in [4.69, 9.17) is 18.9 Å². The number of carbonyl (C=O) groups excluding carboxylic acids is 1. The molecule has 0 aliphatic carbocycles. The second kappa shape index (κ2) is 10.1. The number of carbonyl (C=O) groups is 1. The molecule has 1 unspecified atom stereocenters. The van der Waals surface area contributed by atoms with Crippen molar-refractivity contribution in [2.75, 3.05) is 27.8 Å². The van der Waals surface area contributed by atoms with Gasteiger partial charge in [0.25, 0.3) is 0 Å². The number of fused-ring (bicyclic) bond motifs is 2. The van der Waals surface area contributed by atoms with Crippen molar-refractivity contribution in [2.45, 2.75) is 17.7 Å². The second-order valence-electron chi connectivity index (χ2n) is 8.84. The number of nitrogens with zero attached hydrogens (tertiary/aromatic N) is 3. The van der Waals surface area contributed by atoms with Crippen LogP contribution in [0.1, 0.15) is 11.5 Å². The highest BCUT2D eigenvalue weighted by Crippen LogP contribution is 2.45. The Morgan fingerprint density at radius 2 is 1.95 bits per heavy atom. The van der Waals surface area contributed by atoms with Gasteiger partial charge in [-0.15, -0.1) is 0 Å². The highest BCUT2D eigenvalue weighted by molar-refractivity contribution is 5.84. The first kappa shape index (κ1) is 24.6. The van der Waals surface area contributed by atoms with Crippen LogP contribution in [0, 0.1) is 5.82 Å². The zero-order chi connectivity index (χ0) is 26.0. The van der Waals surface area contributed by atoms with Crippen LogP contribution in [0.5, 0.6) is 17.4 Å². The van der Waals surface area contributed by atoms with E-state index in [0.29, 0.717) is 22.4 Å². The molecule has 5 rings (SSSR count). The van der Waals surface area contributed by atoms with E-state index < -0.39 is 23.7 Å². The van der Waals surface area contributed by atoms with Gasteiger partial charge in [-0.05, 0) is 56.6 Å². The van der Waals surface area contributed by atoms with Crippen LogP contribution in [0.3, 0.4) is 0 Å². The normalized spacial score (nSPS) is 18.5. The molecular formula is C28H26FN3O5. The van der Waals surface area contributed by atoms with Crippen LogP contribution >= 0.6 is 0 Å². The van der Waals surface area contributed by atoms with Gasteiger partial charge in [0.05, 0.1) is 17.6 Å². The van der Waals surface area contributed by atoms with Gasteiger partial charge in [-0.25, -0.2) is 14.2 Å². The number of hydrogen-bond acceptors (Lipinski definition) is 8. The average Bonchev–Trinajstić information content (AvgIpc) is 2.90. The SMILES string of the molecule is COC(C(=O)Oc1ccc2cc(F)ccc2n1)([C@H]1c2ccccc2OC[C@H]1Oc1cccnc1)N(C)C. The molecule has 9 heteroatoms. The van der Waals surface area contributed by atoms with E-state index in [1.165, 1.54) is 31.4 Å². The molecule has 2 aromatic carbocycles.